The zero-order valence-electron chi connectivity index (χ0n) is 14.5. The van der Waals surface area contributed by atoms with Gasteiger partial charge in [-0.1, -0.05) is 42.5 Å². The zero-order valence-corrected chi connectivity index (χ0v) is 14.5. The van der Waals surface area contributed by atoms with Crippen LogP contribution in [0.3, 0.4) is 0 Å². The van der Waals surface area contributed by atoms with Gasteiger partial charge in [-0.15, -0.1) is 0 Å². The van der Waals surface area contributed by atoms with Crippen molar-refractivity contribution in [2.24, 2.45) is 0 Å². The van der Waals surface area contributed by atoms with E-state index in [1.807, 2.05) is 30.3 Å². The average Bonchev–Trinajstić information content (AvgIpc) is 2.67. The van der Waals surface area contributed by atoms with Crippen LogP contribution in [0, 0.1) is 0 Å². The van der Waals surface area contributed by atoms with Gasteiger partial charge in [0.2, 0.25) is 0 Å². The molecule has 0 aliphatic heterocycles. The molecule has 2 N–H and O–H groups in total. The molecule has 3 aromatic carbocycles. The summed E-state index contributed by atoms with van der Waals surface area (Å²) in [6, 6.07) is 18.1. The second-order valence-electron chi connectivity index (χ2n) is 5.95. The molecule has 7 heteroatoms. The molecule has 0 fully saturated rings. The minimum absolute atomic E-state index is 0.0394. The van der Waals surface area contributed by atoms with Gasteiger partial charge in [-0.2, -0.15) is 13.2 Å². The monoisotopic (exact) mass is 387 g/mol. The highest BCUT2D eigenvalue weighted by molar-refractivity contribution is 5.91. The molecule has 0 radical (unpaired) electrons. The summed E-state index contributed by atoms with van der Waals surface area (Å²) in [5.41, 5.74) is 0.0639. The van der Waals surface area contributed by atoms with Crippen LogP contribution < -0.4 is 10.1 Å². The summed E-state index contributed by atoms with van der Waals surface area (Å²) in [7, 11) is 0. The maximum Gasteiger partial charge on any atom is 0.416 e. The Hall–Kier alpha value is -3.48. The highest BCUT2D eigenvalue weighted by Crippen LogP contribution is 2.37. The zero-order chi connectivity index (χ0) is 20.1. The van der Waals surface area contributed by atoms with Gasteiger partial charge in [-0.3, -0.25) is 0 Å². The number of rotatable bonds is 6. The fraction of sp³-hybridized carbons (Fsp3) is 0.0952. The van der Waals surface area contributed by atoms with Crippen molar-refractivity contribution in [2.75, 3.05) is 5.32 Å². The minimum atomic E-state index is -4.51. The second-order valence-corrected chi connectivity index (χ2v) is 5.95. The highest BCUT2D eigenvalue weighted by Gasteiger charge is 2.31. The van der Waals surface area contributed by atoms with E-state index in [1.165, 1.54) is 24.3 Å². The molecule has 0 saturated carbocycles. The third kappa shape index (κ3) is 4.62. The molecule has 0 aliphatic rings. The fourth-order valence-electron chi connectivity index (χ4n) is 2.58. The number of hydrogen-bond acceptors (Lipinski definition) is 3. The molecular weight excluding hydrogens is 371 g/mol. The third-order valence-corrected chi connectivity index (χ3v) is 3.97. The maximum atomic E-state index is 13.1. The summed E-state index contributed by atoms with van der Waals surface area (Å²) in [5, 5.41) is 12.2. The number of carboxylic acids is 1. The number of nitrogens with one attached hydrogen (secondary N) is 1. The van der Waals surface area contributed by atoms with Crippen molar-refractivity contribution in [3.8, 4) is 11.5 Å². The Morgan fingerprint density at radius 1 is 0.929 bits per heavy atom. The number of hydrogen-bond donors (Lipinski definition) is 2. The number of alkyl halides is 3. The van der Waals surface area contributed by atoms with E-state index in [9.17, 15) is 23.1 Å². The molecule has 3 aromatic rings. The van der Waals surface area contributed by atoms with Crippen molar-refractivity contribution >= 4 is 11.7 Å². The molecule has 0 spiro atoms. The van der Waals surface area contributed by atoms with Crippen LogP contribution in [0.5, 0.6) is 11.5 Å². The largest absolute Gasteiger partial charge is 0.478 e. The first-order valence-corrected chi connectivity index (χ1v) is 8.34. The first-order chi connectivity index (χ1) is 13.3. The Labute approximate surface area is 159 Å². The van der Waals surface area contributed by atoms with Crippen molar-refractivity contribution in [1.29, 1.82) is 0 Å². The Balaban J connectivity index is 1.94. The molecule has 0 saturated heterocycles. The van der Waals surface area contributed by atoms with Crippen molar-refractivity contribution in [2.45, 2.75) is 12.7 Å². The molecule has 0 amide bonds. The molecule has 0 aliphatic carbocycles. The number of benzene rings is 3. The van der Waals surface area contributed by atoms with Crippen LogP contribution in [0.15, 0.2) is 72.8 Å². The third-order valence-electron chi connectivity index (χ3n) is 3.97. The number of para-hydroxylation sites is 1. The molecule has 0 bridgehead atoms. The van der Waals surface area contributed by atoms with Crippen molar-refractivity contribution in [1.82, 2.24) is 0 Å². The summed E-state index contributed by atoms with van der Waals surface area (Å²) < 4.78 is 45.0. The van der Waals surface area contributed by atoms with Gasteiger partial charge in [-0.25, -0.2) is 4.79 Å². The van der Waals surface area contributed by atoms with Crippen LogP contribution >= 0.6 is 0 Å². The van der Waals surface area contributed by atoms with E-state index >= 15 is 0 Å². The minimum Gasteiger partial charge on any atom is -0.478 e. The van der Waals surface area contributed by atoms with E-state index in [-0.39, 0.29) is 29.3 Å². The number of aromatic carboxylic acids is 1. The first-order valence-electron chi connectivity index (χ1n) is 8.34. The van der Waals surface area contributed by atoms with Crippen LogP contribution in [-0.4, -0.2) is 11.1 Å². The van der Waals surface area contributed by atoms with Gasteiger partial charge in [0, 0.05) is 6.54 Å². The quantitative estimate of drug-likeness (QED) is 0.561. The molecule has 0 unspecified atom stereocenters. The van der Waals surface area contributed by atoms with E-state index in [1.54, 1.807) is 6.07 Å². The van der Waals surface area contributed by atoms with Gasteiger partial charge in [0.15, 0.2) is 5.75 Å². The molecule has 4 nitrogen and oxygen atoms in total. The standard InChI is InChI=1S/C21H16F3NO3/c22-21(23,24)15-10-11-19(28-18-9-5-4-8-16(18)20(26)27)17(12-15)25-13-14-6-2-1-3-7-14/h1-12,25H,13H2,(H,26,27). The lowest BCUT2D eigenvalue weighted by Gasteiger charge is -2.17. The van der Waals surface area contributed by atoms with Gasteiger partial charge >= 0.3 is 12.1 Å². The van der Waals surface area contributed by atoms with Crippen molar-refractivity contribution in [3.05, 3.63) is 89.5 Å². The van der Waals surface area contributed by atoms with Crippen molar-refractivity contribution in [3.63, 3.8) is 0 Å². The maximum absolute atomic E-state index is 13.1. The number of anilines is 1. The van der Waals surface area contributed by atoms with Gasteiger partial charge < -0.3 is 15.2 Å². The second kappa shape index (κ2) is 8.04. The number of halogens is 3. The molecule has 0 aromatic heterocycles. The topological polar surface area (TPSA) is 58.6 Å². The predicted molar refractivity (Wildman–Crippen MR) is 98.7 cm³/mol. The molecule has 0 atom stereocenters. The van der Waals surface area contributed by atoms with Gasteiger partial charge in [0.05, 0.1) is 11.3 Å². The normalized spacial score (nSPS) is 11.1. The summed E-state index contributed by atoms with van der Waals surface area (Å²) in [5.74, 6) is -1.06. The Kier molecular flexibility index (Phi) is 5.54. The molecular formula is C21H16F3NO3. The lowest BCUT2D eigenvalue weighted by molar-refractivity contribution is -0.137. The molecule has 0 heterocycles. The summed E-state index contributed by atoms with van der Waals surface area (Å²) in [6.45, 7) is 0.277. The SMILES string of the molecule is O=C(O)c1ccccc1Oc1ccc(C(F)(F)F)cc1NCc1ccccc1. The molecule has 28 heavy (non-hydrogen) atoms. The van der Waals surface area contributed by atoms with Crippen LogP contribution in [0.25, 0.3) is 0 Å². The van der Waals surface area contributed by atoms with Crippen LogP contribution in [-0.2, 0) is 12.7 Å². The van der Waals surface area contributed by atoms with E-state index in [2.05, 4.69) is 5.32 Å². The summed E-state index contributed by atoms with van der Waals surface area (Å²) >= 11 is 0. The fourth-order valence-corrected chi connectivity index (χ4v) is 2.58. The first kappa shape index (κ1) is 19.3. The summed E-state index contributed by atoms with van der Waals surface area (Å²) in [4.78, 5) is 11.3. The Bertz CT molecular complexity index is 972. The Morgan fingerprint density at radius 2 is 1.61 bits per heavy atom. The molecule has 144 valence electrons. The van der Waals surface area contributed by atoms with E-state index in [0.717, 1.165) is 17.7 Å². The lowest BCUT2D eigenvalue weighted by atomic mass is 10.1. The van der Waals surface area contributed by atoms with Crippen molar-refractivity contribution < 1.29 is 27.8 Å². The van der Waals surface area contributed by atoms with Gasteiger partial charge in [0.25, 0.3) is 0 Å². The highest BCUT2D eigenvalue weighted by atomic mass is 19.4. The van der Waals surface area contributed by atoms with E-state index in [4.69, 9.17) is 4.74 Å². The smallest absolute Gasteiger partial charge is 0.416 e. The van der Waals surface area contributed by atoms with E-state index in [0.29, 0.717) is 0 Å². The van der Waals surface area contributed by atoms with Crippen LogP contribution in [0.4, 0.5) is 18.9 Å². The number of ether oxygens (including phenoxy) is 1. The van der Waals surface area contributed by atoms with E-state index < -0.39 is 17.7 Å². The predicted octanol–water partition coefficient (Wildman–Crippen LogP) is 5.81. The van der Waals surface area contributed by atoms with Crippen LogP contribution in [0.1, 0.15) is 21.5 Å². The number of carbonyl (C=O) groups is 1. The molecule has 3 rings (SSSR count). The van der Waals surface area contributed by atoms with Gasteiger partial charge in [-0.05, 0) is 35.9 Å². The number of carboxylic acid groups (broad SMARTS) is 1. The summed E-state index contributed by atoms with van der Waals surface area (Å²) in [6.07, 6.45) is -4.51. The van der Waals surface area contributed by atoms with Gasteiger partial charge in [0.1, 0.15) is 11.3 Å². The van der Waals surface area contributed by atoms with Crippen LogP contribution in [0.2, 0.25) is 0 Å². The lowest BCUT2D eigenvalue weighted by Crippen LogP contribution is -2.08. The average molecular weight is 387 g/mol. The Morgan fingerprint density at radius 3 is 2.29 bits per heavy atom.